The van der Waals surface area contributed by atoms with Gasteiger partial charge in [0.05, 0.1) is 6.26 Å². The molecule has 1 unspecified atom stereocenters. The van der Waals surface area contributed by atoms with E-state index in [9.17, 15) is 9.90 Å². The Kier molecular flexibility index (Phi) is 2.09. The van der Waals surface area contributed by atoms with Crippen molar-refractivity contribution in [2.45, 2.75) is 6.04 Å². The summed E-state index contributed by atoms with van der Waals surface area (Å²) in [5, 5.41) is 19.0. The zero-order chi connectivity index (χ0) is 11.0. The van der Waals surface area contributed by atoms with Crippen LogP contribution in [0.2, 0.25) is 0 Å². The van der Waals surface area contributed by atoms with Gasteiger partial charge in [0.25, 0.3) is 0 Å². The predicted octanol–water partition coefficient (Wildman–Crippen LogP) is 1.22. The first-order chi connectivity index (χ1) is 7.09. The monoisotopic (exact) mass is 207 g/mol. The van der Waals surface area contributed by atoms with Crippen LogP contribution in [0.4, 0.5) is 0 Å². The lowest BCUT2D eigenvalue weighted by Gasteiger charge is -2.08. The van der Waals surface area contributed by atoms with Gasteiger partial charge in [0.1, 0.15) is 17.4 Å². The minimum absolute atomic E-state index is 0.140. The highest BCUT2D eigenvalue weighted by Crippen LogP contribution is 2.29. The second-order valence-electron chi connectivity index (χ2n) is 3.19. The van der Waals surface area contributed by atoms with Crippen LogP contribution >= 0.6 is 0 Å². The molecule has 0 bridgehead atoms. The molecule has 1 heterocycles. The maximum Gasteiger partial charge on any atom is 0.325 e. The van der Waals surface area contributed by atoms with Gasteiger partial charge in [0.2, 0.25) is 0 Å². The molecule has 0 aliphatic heterocycles. The van der Waals surface area contributed by atoms with E-state index >= 15 is 0 Å². The molecule has 4 N–H and O–H groups in total. The third-order valence-electron chi connectivity index (χ3n) is 2.20. The molecular weight excluding hydrogens is 198 g/mol. The van der Waals surface area contributed by atoms with Gasteiger partial charge in [-0.3, -0.25) is 4.79 Å². The summed E-state index contributed by atoms with van der Waals surface area (Å²) < 4.78 is 5.08. The van der Waals surface area contributed by atoms with E-state index < -0.39 is 12.0 Å². The van der Waals surface area contributed by atoms with E-state index in [0.717, 1.165) is 0 Å². The lowest BCUT2D eigenvalue weighted by molar-refractivity contribution is -0.138. The fraction of sp³-hybridized carbons (Fsp3) is 0.100. The van der Waals surface area contributed by atoms with Crippen molar-refractivity contribution in [3.63, 3.8) is 0 Å². The fourth-order valence-electron chi connectivity index (χ4n) is 1.40. The Balaban J connectivity index is 2.59. The smallest absolute Gasteiger partial charge is 0.325 e. The zero-order valence-electron chi connectivity index (χ0n) is 7.68. The largest absolute Gasteiger partial charge is 0.508 e. The molecule has 0 amide bonds. The average molecular weight is 207 g/mol. The SMILES string of the molecule is NC(C(=O)O)c1cc2occc2cc1O. The summed E-state index contributed by atoms with van der Waals surface area (Å²) in [6, 6.07) is 3.28. The van der Waals surface area contributed by atoms with E-state index in [1.165, 1.54) is 18.4 Å². The standard InChI is InChI=1S/C10H9NO4/c11-9(10(13)14)6-4-8-5(1-2-15-8)3-7(6)12/h1-4,9,12H,11H2,(H,13,14). The minimum Gasteiger partial charge on any atom is -0.508 e. The molecule has 5 heteroatoms. The van der Waals surface area contributed by atoms with Crippen molar-refractivity contribution in [3.8, 4) is 5.75 Å². The highest BCUT2D eigenvalue weighted by molar-refractivity contribution is 5.83. The van der Waals surface area contributed by atoms with Crippen LogP contribution in [0.1, 0.15) is 11.6 Å². The number of fused-ring (bicyclic) bond motifs is 1. The van der Waals surface area contributed by atoms with E-state index in [1.54, 1.807) is 6.07 Å². The Hall–Kier alpha value is -2.01. The number of furan rings is 1. The van der Waals surface area contributed by atoms with Gasteiger partial charge in [0, 0.05) is 10.9 Å². The van der Waals surface area contributed by atoms with Crippen molar-refractivity contribution in [1.82, 2.24) is 0 Å². The topological polar surface area (TPSA) is 96.7 Å². The summed E-state index contributed by atoms with van der Waals surface area (Å²) in [7, 11) is 0. The van der Waals surface area contributed by atoms with Gasteiger partial charge in [-0.15, -0.1) is 0 Å². The van der Waals surface area contributed by atoms with E-state index in [2.05, 4.69) is 0 Å². The van der Waals surface area contributed by atoms with Crippen LogP contribution < -0.4 is 5.73 Å². The van der Waals surface area contributed by atoms with Crippen LogP contribution in [0, 0.1) is 0 Å². The van der Waals surface area contributed by atoms with Crippen LogP contribution in [-0.4, -0.2) is 16.2 Å². The normalized spacial score (nSPS) is 12.9. The Labute approximate surface area is 84.7 Å². The van der Waals surface area contributed by atoms with Crippen molar-refractivity contribution in [3.05, 3.63) is 30.0 Å². The van der Waals surface area contributed by atoms with Gasteiger partial charge in [-0.1, -0.05) is 0 Å². The van der Waals surface area contributed by atoms with Gasteiger partial charge < -0.3 is 20.4 Å². The van der Waals surface area contributed by atoms with Crippen molar-refractivity contribution in [2.24, 2.45) is 5.73 Å². The summed E-state index contributed by atoms with van der Waals surface area (Å²) in [5.74, 6) is -1.34. The van der Waals surface area contributed by atoms with E-state index in [1.807, 2.05) is 0 Å². The van der Waals surface area contributed by atoms with Crippen molar-refractivity contribution >= 4 is 16.9 Å². The Bertz CT molecular complexity index is 517. The molecule has 1 aromatic heterocycles. The number of benzene rings is 1. The lowest BCUT2D eigenvalue weighted by atomic mass is 10.1. The molecule has 0 spiro atoms. The Morgan fingerprint density at radius 3 is 2.87 bits per heavy atom. The first kappa shape index (κ1) is 9.54. The second-order valence-corrected chi connectivity index (χ2v) is 3.19. The summed E-state index contributed by atoms with van der Waals surface area (Å²) in [6.07, 6.45) is 1.46. The Morgan fingerprint density at radius 2 is 2.20 bits per heavy atom. The van der Waals surface area contributed by atoms with Crippen LogP contribution in [0.3, 0.4) is 0 Å². The van der Waals surface area contributed by atoms with Crippen LogP contribution in [0.5, 0.6) is 5.75 Å². The molecule has 78 valence electrons. The van der Waals surface area contributed by atoms with Gasteiger partial charge in [-0.25, -0.2) is 0 Å². The number of nitrogens with two attached hydrogens (primary N) is 1. The van der Waals surface area contributed by atoms with Gasteiger partial charge >= 0.3 is 5.97 Å². The Morgan fingerprint density at radius 1 is 1.47 bits per heavy atom. The maximum atomic E-state index is 10.7. The zero-order valence-corrected chi connectivity index (χ0v) is 7.68. The molecular formula is C10H9NO4. The van der Waals surface area contributed by atoms with E-state index in [0.29, 0.717) is 11.0 Å². The average Bonchev–Trinajstić information content (AvgIpc) is 2.62. The number of phenolic OH excluding ortho intramolecular Hbond substituents is 1. The number of hydrogen-bond acceptors (Lipinski definition) is 4. The molecule has 2 rings (SSSR count). The number of carboxylic acids is 1. The third-order valence-corrected chi connectivity index (χ3v) is 2.20. The first-order valence-corrected chi connectivity index (χ1v) is 4.28. The number of aliphatic carboxylic acids is 1. The molecule has 0 aliphatic carbocycles. The van der Waals surface area contributed by atoms with Crippen molar-refractivity contribution < 1.29 is 19.4 Å². The van der Waals surface area contributed by atoms with Gasteiger partial charge in [-0.05, 0) is 18.2 Å². The number of phenols is 1. The highest BCUT2D eigenvalue weighted by Gasteiger charge is 2.19. The molecule has 0 saturated heterocycles. The molecule has 15 heavy (non-hydrogen) atoms. The summed E-state index contributed by atoms with van der Waals surface area (Å²) in [5.41, 5.74) is 6.04. The molecule has 2 aromatic rings. The molecule has 1 atom stereocenters. The molecule has 0 fully saturated rings. The maximum absolute atomic E-state index is 10.7. The number of rotatable bonds is 2. The van der Waals surface area contributed by atoms with Crippen LogP contribution in [-0.2, 0) is 4.79 Å². The number of carbonyl (C=O) groups is 1. The minimum atomic E-state index is -1.25. The number of aromatic hydroxyl groups is 1. The number of hydrogen-bond donors (Lipinski definition) is 3. The van der Waals surface area contributed by atoms with E-state index in [-0.39, 0.29) is 11.3 Å². The molecule has 1 aromatic carbocycles. The molecule has 5 nitrogen and oxygen atoms in total. The molecule has 0 radical (unpaired) electrons. The van der Waals surface area contributed by atoms with E-state index in [4.69, 9.17) is 15.3 Å². The molecule has 0 aliphatic rings. The van der Waals surface area contributed by atoms with Crippen molar-refractivity contribution in [1.29, 1.82) is 0 Å². The lowest BCUT2D eigenvalue weighted by Crippen LogP contribution is -2.20. The summed E-state index contributed by atoms with van der Waals surface area (Å²) in [4.78, 5) is 10.7. The van der Waals surface area contributed by atoms with Gasteiger partial charge in [-0.2, -0.15) is 0 Å². The predicted molar refractivity (Wildman–Crippen MR) is 52.4 cm³/mol. The second kappa shape index (κ2) is 3.29. The number of carboxylic acid groups (broad SMARTS) is 1. The summed E-state index contributed by atoms with van der Waals surface area (Å²) in [6.45, 7) is 0. The fourth-order valence-corrected chi connectivity index (χ4v) is 1.40. The first-order valence-electron chi connectivity index (χ1n) is 4.28. The third kappa shape index (κ3) is 1.53. The van der Waals surface area contributed by atoms with Crippen LogP contribution in [0.15, 0.2) is 28.9 Å². The summed E-state index contributed by atoms with van der Waals surface area (Å²) >= 11 is 0. The van der Waals surface area contributed by atoms with Crippen molar-refractivity contribution in [2.75, 3.05) is 0 Å². The highest BCUT2D eigenvalue weighted by atomic mass is 16.4. The molecule has 0 saturated carbocycles. The quantitative estimate of drug-likeness (QED) is 0.688. The van der Waals surface area contributed by atoms with Crippen LogP contribution in [0.25, 0.3) is 11.0 Å². The van der Waals surface area contributed by atoms with Gasteiger partial charge in [0.15, 0.2) is 0 Å².